The molecule has 0 radical (unpaired) electrons. The largest absolute Gasteiger partial charge is 2.00 e. The Morgan fingerprint density at radius 1 is 0.569 bits per heavy atom. The van der Waals surface area contributed by atoms with Crippen LogP contribution < -0.4 is 11.5 Å². The van der Waals surface area contributed by atoms with Crippen molar-refractivity contribution in [3.63, 3.8) is 0 Å². The molecule has 6 aliphatic carbocycles. The third-order valence-corrected chi connectivity index (χ3v) is 13.5. The van der Waals surface area contributed by atoms with Gasteiger partial charge in [-0.05, 0) is 96.5 Å². The van der Waals surface area contributed by atoms with Crippen LogP contribution in [0.1, 0.15) is 113 Å². The van der Waals surface area contributed by atoms with Crippen molar-refractivity contribution >= 4 is 47.0 Å². The Kier molecular flexibility index (Phi) is 12.2. The Hall–Kier alpha value is -2.43. The maximum absolute atomic E-state index is 11.8. The molecule has 6 saturated carbocycles. The van der Waals surface area contributed by atoms with Gasteiger partial charge in [-0.1, -0.05) is 99.2 Å². The van der Waals surface area contributed by atoms with Gasteiger partial charge in [-0.15, -0.1) is 0 Å². The van der Waals surface area contributed by atoms with Crippen LogP contribution in [0.3, 0.4) is 0 Å². The van der Waals surface area contributed by atoms with Gasteiger partial charge in [-0.3, -0.25) is 0 Å². The first-order valence-corrected chi connectivity index (χ1v) is 19.7. The molecule has 0 heterocycles. The number of hydrogen-bond donors (Lipinski definition) is 4. The first-order valence-electron chi connectivity index (χ1n) is 18.9. The second-order valence-electron chi connectivity index (χ2n) is 15.7. The maximum atomic E-state index is 11.8. The summed E-state index contributed by atoms with van der Waals surface area (Å²) in [6.07, 6.45) is 15.0. The van der Waals surface area contributed by atoms with E-state index in [0.717, 1.165) is 88.5 Å². The summed E-state index contributed by atoms with van der Waals surface area (Å²) in [6.45, 7) is 0. The molecule has 6 N–H and O–H groups in total. The van der Waals surface area contributed by atoms with Gasteiger partial charge >= 0.3 is 16.5 Å². The van der Waals surface area contributed by atoms with E-state index < -0.39 is 11.2 Å². The molecule has 8 rings (SSSR count). The van der Waals surface area contributed by atoms with Crippen LogP contribution in [0.5, 0.6) is 0 Å². The minimum Gasteiger partial charge on any atom is -0.741 e. The van der Waals surface area contributed by atoms with Crippen molar-refractivity contribution < 1.29 is 26.7 Å². The van der Waals surface area contributed by atoms with Crippen LogP contribution in [0.4, 0.5) is 0 Å². The molecule has 51 heavy (non-hydrogen) atoms. The van der Waals surface area contributed by atoms with Crippen LogP contribution in [0.25, 0.3) is 0 Å². The first-order chi connectivity index (χ1) is 24.2. The molecule has 0 aromatic heterocycles. The van der Waals surface area contributed by atoms with Gasteiger partial charge in [0.1, 0.15) is 0 Å². The Bertz CT molecular complexity index is 1500. The van der Waals surface area contributed by atoms with Gasteiger partial charge in [0.25, 0.3) is 0 Å². The summed E-state index contributed by atoms with van der Waals surface area (Å²) in [6, 6.07) is 21.3. The molecule has 0 saturated heterocycles. The number of nitrogens with zero attached hydrogens (tertiary/aromatic N) is 4. The third kappa shape index (κ3) is 7.40. The molecule has 10 unspecified atom stereocenters. The number of aliphatic hydroxyl groups is 2. The molecule has 0 amide bonds. The maximum Gasteiger partial charge on any atom is 2.00 e. The zero-order chi connectivity index (χ0) is 34.9. The molecule has 8 nitrogen and oxygen atoms in total. The van der Waals surface area contributed by atoms with Gasteiger partial charge in [-0.25, -0.2) is 0 Å². The molecule has 2 aromatic carbocycles. The summed E-state index contributed by atoms with van der Waals surface area (Å²) in [4.78, 5) is 0. The SMILES string of the molecule is NC([S-])=N/N=C1\C2CCCC1C1(O)CCCCC1C2c1ccccc1.NC([S-])=N/N=C1\C2CCCC1C1(O)CCCCC1C2c1ccccc1.[Ni+2]. The van der Waals surface area contributed by atoms with Crippen molar-refractivity contribution in [3.05, 3.63) is 71.8 Å². The molecular weight excluding hydrogens is 719 g/mol. The van der Waals surface area contributed by atoms with Crippen LogP contribution >= 0.6 is 0 Å². The summed E-state index contributed by atoms with van der Waals surface area (Å²) in [7, 11) is 0. The van der Waals surface area contributed by atoms with Crippen LogP contribution in [0.15, 0.2) is 81.1 Å². The van der Waals surface area contributed by atoms with E-state index in [9.17, 15) is 10.2 Å². The van der Waals surface area contributed by atoms with Crippen molar-refractivity contribution in [2.45, 2.75) is 113 Å². The van der Waals surface area contributed by atoms with E-state index in [4.69, 9.17) is 36.7 Å². The summed E-state index contributed by atoms with van der Waals surface area (Å²) >= 11 is 9.81. The smallest absolute Gasteiger partial charge is 0.741 e. The molecule has 0 spiro atoms. The molecule has 6 aliphatic rings. The van der Waals surface area contributed by atoms with E-state index in [0.29, 0.717) is 35.5 Å². The molecule has 276 valence electrons. The molecular formula is C40H52N6NiO2S2. The van der Waals surface area contributed by atoms with Crippen LogP contribution in [-0.2, 0) is 41.7 Å². The third-order valence-electron chi connectivity index (χ3n) is 13.3. The fraction of sp³-hybridized carbons (Fsp3) is 0.600. The summed E-state index contributed by atoms with van der Waals surface area (Å²) in [5, 5.41) is 40.7. The quantitative estimate of drug-likeness (QED) is 0.0900. The topological polar surface area (TPSA) is 142 Å². The summed E-state index contributed by atoms with van der Waals surface area (Å²) in [5.41, 5.74) is 14.5. The van der Waals surface area contributed by atoms with E-state index in [1.165, 1.54) is 24.0 Å². The van der Waals surface area contributed by atoms with Crippen LogP contribution in [0.2, 0.25) is 0 Å². The zero-order valence-corrected chi connectivity index (χ0v) is 31.9. The van der Waals surface area contributed by atoms with Gasteiger partial charge in [0.05, 0.1) is 22.6 Å². The average molecular weight is 772 g/mol. The predicted octanol–water partition coefficient (Wildman–Crippen LogP) is 6.68. The van der Waals surface area contributed by atoms with E-state index in [-0.39, 0.29) is 38.7 Å². The van der Waals surface area contributed by atoms with Gasteiger partial charge < -0.3 is 46.9 Å². The Morgan fingerprint density at radius 2 is 0.961 bits per heavy atom. The number of benzene rings is 2. The van der Waals surface area contributed by atoms with Crippen molar-refractivity contribution in [3.8, 4) is 0 Å². The Balaban J connectivity index is 0.000000172. The normalized spacial score (nSPS) is 39.1. The molecule has 10 atom stereocenters. The second kappa shape index (κ2) is 16.3. The second-order valence-corrected chi connectivity index (χ2v) is 16.5. The first kappa shape index (κ1) is 38.3. The van der Waals surface area contributed by atoms with Gasteiger partial charge in [0.15, 0.2) is 0 Å². The fourth-order valence-corrected chi connectivity index (χ4v) is 11.6. The molecule has 6 fully saturated rings. The van der Waals surface area contributed by atoms with E-state index in [1.807, 2.05) is 0 Å². The average Bonchev–Trinajstić information content (AvgIpc) is 3.12. The number of fused-ring (bicyclic) bond motifs is 8. The van der Waals surface area contributed by atoms with Crippen molar-refractivity contribution in [1.29, 1.82) is 0 Å². The number of rotatable bonds is 4. The Labute approximate surface area is 324 Å². The van der Waals surface area contributed by atoms with Crippen molar-refractivity contribution in [2.75, 3.05) is 0 Å². The summed E-state index contributed by atoms with van der Waals surface area (Å²) < 4.78 is 0. The van der Waals surface area contributed by atoms with E-state index >= 15 is 0 Å². The standard InChI is InChI=1S/2C20H27N3OS.Ni/c2*21-19(25)23-22-18-14-9-6-11-16(18)20(24)12-5-4-10-15(20)17(14)13-7-2-1-3-8-13;/h2*1-3,7-8,14-17,24H,4-6,9-12H2,(H3,21,23,25);/q;;+2/p-2/b2*22-18+;. The van der Waals surface area contributed by atoms with E-state index in [2.05, 4.69) is 81.1 Å². The number of hydrogen-bond acceptors (Lipinski definition) is 8. The van der Waals surface area contributed by atoms with Gasteiger partial charge in [0, 0.05) is 23.7 Å². The summed E-state index contributed by atoms with van der Waals surface area (Å²) in [5.74, 6) is 2.12. The van der Waals surface area contributed by atoms with Crippen molar-refractivity contribution in [1.82, 2.24) is 0 Å². The number of amidine groups is 2. The molecule has 11 heteroatoms. The number of nitrogens with two attached hydrogens (primary N) is 2. The van der Waals surface area contributed by atoms with Crippen LogP contribution in [-0.4, -0.2) is 43.2 Å². The van der Waals surface area contributed by atoms with Crippen molar-refractivity contribution in [2.24, 2.45) is 67.4 Å². The predicted molar refractivity (Wildman–Crippen MR) is 207 cm³/mol. The zero-order valence-electron chi connectivity index (χ0n) is 29.3. The molecule has 4 bridgehead atoms. The molecule has 0 aliphatic heterocycles. The minimum absolute atomic E-state index is 0. The monoisotopic (exact) mass is 770 g/mol. The Morgan fingerprint density at radius 3 is 1.33 bits per heavy atom. The van der Waals surface area contributed by atoms with Gasteiger partial charge in [-0.2, -0.15) is 20.4 Å². The fourth-order valence-electron chi connectivity index (χ4n) is 11.5. The molecule has 2 aromatic rings. The van der Waals surface area contributed by atoms with Gasteiger partial charge in [0.2, 0.25) is 0 Å². The van der Waals surface area contributed by atoms with E-state index in [1.54, 1.807) is 0 Å². The minimum atomic E-state index is -0.666. The van der Waals surface area contributed by atoms with Crippen LogP contribution in [0, 0.1) is 35.5 Å².